The number of likely N-dealkylation sites (N-methyl/N-ethyl adjacent to an activating group) is 1. The molecule has 0 saturated carbocycles. The van der Waals surface area contributed by atoms with Gasteiger partial charge in [0, 0.05) is 42.0 Å². The number of esters is 1. The quantitative estimate of drug-likeness (QED) is 0.268. The summed E-state index contributed by atoms with van der Waals surface area (Å²) in [7, 11) is 3.86. The van der Waals surface area contributed by atoms with Gasteiger partial charge in [-0.2, -0.15) is 0 Å². The average Bonchev–Trinajstić information content (AvgIpc) is 3.39. The lowest BCUT2D eigenvalue weighted by Gasteiger charge is -2.48. The molecule has 17 nitrogen and oxygen atoms in total. The molecule has 2 aromatic heterocycles. The van der Waals surface area contributed by atoms with Crippen LogP contribution in [0.1, 0.15) is 80.3 Å². The molecule has 14 atom stereocenters. The Hall–Kier alpha value is -4.26. The van der Waals surface area contributed by atoms with Gasteiger partial charge in [-0.05, 0) is 91.2 Å². The lowest BCUT2D eigenvalue weighted by atomic mass is 9.72. The first kappa shape index (κ1) is 46.7. The second kappa shape index (κ2) is 19.1. The Morgan fingerprint density at radius 2 is 1.84 bits per heavy atom. The summed E-state index contributed by atoms with van der Waals surface area (Å²) in [6.45, 7) is 16.5. The summed E-state index contributed by atoms with van der Waals surface area (Å²) >= 11 is 0. The Labute approximate surface area is 371 Å². The summed E-state index contributed by atoms with van der Waals surface area (Å²) in [5, 5.41) is 16.4. The highest BCUT2D eigenvalue weighted by atomic mass is 16.7. The maximum atomic E-state index is 14.6. The van der Waals surface area contributed by atoms with E-state index in [4.69, 9.17) is 49.0 Å². The van der Waals surface area contributed by atoms with Gasteiger partial charge in [-0.1, -0.05) is 38.9 Å². The van der Waals surface area contributed by atoms with Crippen LogP contribution in [0, 0.1) is 23.7 Å². The Balaban J connectivity index is 1.28. The van der Waals surface area contributed by atoms with Crippen molar-refractivity contribution in [3.63, 3.8) is 0 Å². The Morgan fingerprint density at radius 3 is 2.57 bits per heavy atom. The van der Waals surface area contributed by atoms with Crippen molar-refractivity contribution in [2.45, 2.75) is 141 Å². The third-order valence-electron chi connectivity index (χ3n) is 13.8. The molecule has 7 heterocycles. The standard InChI is InChI=1S/C46H67N7O10/c1-11-36-46(8)40-27(4)37(49-17-18-53(40)44(56)63-46)25(2)21-45(7)41(62-43-38(54)35(52(9)10)19-26(3)60-43)28(5)39(29(6)42(55)61-36)57-22-32(23-58-45)51-59-24-31-13-12-14-33(50-31)34-20-30(47)15-16-48-34/h12-16,20,25-29,35-36,38-41,43,54H,11,17-19,21-24H2,1-10H3,(H2,47,48)/b51-32+/t25-,26+,27+,28+,29-,35-,36-,38+,39+,40-,41-,43-,45-,46-/m1/s1. The second-order valence-electron chi connectivity index (χ2n) is 18.8. The number of aliphatic hydroxyl groups excluding tert-OH is 1. The third-order valence-corrected chi connectivity index (χ3v) is 13.8. The number of nitrogen functional groups attached to an aromatic ring is 1. The fraction of sp³-hybridized carbons (Fsp3) is 0.696. The van der Waals surface area contributed by atoms with Crippen molar-refractivity contribution in [1.82, 2.24) is 19.8 Å². The van der Waals surface area contributed by atoms with E-state index in [1.165, 1.54) is 0 Å². The monoisotopic (exact) mass is 877 g/mol. The number of anilines is 1. The van der Waals surface area contributed by atoms with E-state index < -0.39 is 71.8 Å². The molecular formula is C46H67N7O10. The van der Waals surface area contributed by atoms with Crippen molar-refractivity contribution in [3.05, 3.63) is 42.2 Å². The Kier molecular flexibility index (Phi) is 14.1. The number of aliphatic hydroxyl groups is 1. The van der Waals surface area contributed by atoms with E-state index >= 15 is 0 Å². The number of pyridine rings is 2. The number of ether oxygens (including phenoxy) is 6. The molecule has 4 bridgehead atoms. The molecule has 4 saturated heterocycles. The molecule has 346 valence electrons. The first-order valence-corrected chi connectivity index (χ1v) is 22.4. The van der Waals surface area contributed by atoms with Gasteiger partial charge in [-0.3, -0.25) is 19.7 Å². The lowest BCUT2D eigenvalue weighted by molar-refractivity contribution is -0.302. The highest BCUT2D eigenvalue weighted by molar-refractivity contribution is 5.91. The fourth-order valence-electron chi connectivity index (χ4n) is 10.7. The van der Waals surface area contributed by atoms with Gasteiger partial charge in [0.25, 0.3) is 0 Å². The summed E-state index contributed by atoms with van der Waals surface area (Å²) < 4.78 is 39.9. The van der Waals surface area contributed by atoms with Gasteiger partial charge in [-0.25, -0.2) is 9.78 Å². The summed E-state index contributed by atoms with van der Waals surface area (Å²) in [6.07, 6.45) is -1.97. The number of aliphatic imine (C=N–C) groups is 1. The van der Waals surface area contributed by atoms with Gasteiger partial charge in [-0.15, -0.1) is 0 Å². The Morgan fingerprint density at radius 1 is 1.06 bits per heavy atom. The summed E-state index contributed by atoms with van der Waals surface area (Å²) in [5.41, 5.74) is 7.55. The van der Waals surface area contributed by atoms with E-state index in [0.717, 1.165) is 5.71 Å². The van der Waals surface area contributed by atoms with Gasteiger partial charge in [0.1, 0.15) is 17.9 Å². The molecule has 0 spiro atoms. The van der Waals surface area contributed by atoms with Gasteiger partial charge in [0.2, 0.25) is 0 Å². The minimum atomic E-state index is -1.15. The van der Waals surface area contributed by atoms with E-state index in [1.54, 1.807) is 30.2 Å². The van der Waals surface area contributed by atoms with Crippen molar-refractivity contribution >= 4 is 29.2 Å². The van der Waals surface area contributed by atoms with Crippen molar-refractivity contribution in [2.75, 3.05) is 46.1 Å². The predicted molar refractivity (Wildman–Crippen MR) is 235 cm³/mol. The number of cyclic esters (lactones) is 1. The van der Waals surface area contributed by atoms with Crippen LogP contribution in [0.25, 0.3) is 11.4 Å². The van der Waals surface area contributed by atoms with Gasteiger partial charge in [0.15, 0.2) is 18.5 Å². The number of carbonyl (C=O) groups is 2. The van der Waals surface area contributed by atoms with Crippen LogP contribution in [0.2, 0.25) is 0 Å². The molecule has 63 heavy (non-hydrogen) atoms. The summed E-state index contributed by atoms with van der Waals surface area (Å²) in [4.78, 5) is 52.1. The molecule has 2 aromatic rings. The molecule has 1 amide bonds. The normalized spacial score (nSPS) is 38.4. The number of hydrogen-bond acceptors (Lipinski definition) is 16. The molecule has 5 aliphatic rings. The zero-order chi connectivity index (χ0) is 45.4. The van der Waals surface area contributed by atoms with E-state index in [9.17, 15) is 14.7 Å². The summed E-state index contributed by atoms with van der Waals surface area (Å²) in [6, 6.07) is 8.35. The number of nitrogens with two attached hydrogens (primary N) is 1. The first-order chi connectivity index (χ1) is 29.9. The number of nitrogens with zero attached hydrogens (tertiary/aromatic N) is 6. The third kappa shape index (κ3) is 9.59. The van der Waals surface area contributed by atoms with Crippen LogP contribution in [0.5, 0.6) is 0 Å². The smallest absolute Gasteiger partial charge is 0.410 e. The Bertz CT molecular complexity index is 2020. The van der Waals surface area contributed by atoms with Crippen molar-refractivity contribution < 1.29 is 48.0 Å². The fourth-order valence-corrected chi connectivity index (χ4v) is 10.7. The average molecular weight is 878 g/mol. The van der Waals surface area contributed by atoms with Crippen LogP contribution in [0.3, 0.4) is 0 Å². The number of fused-ring (bicyclic) bond motifs is 4. The molecule has 0 aliphatic carbocycles. The van der Waals surface area contributed by atoms with Gasteiger partial charge in [0.05, 0.1) is 72.7 Å². The number of rotatable bonds is 8. The molecule has 0 aromatic carbocycles. The van der Waals surface area contributed by atoms with Crippen LogP contribution >= 0.6 is 0 Å². The zero-order valence-electron chi connectivity index (χ0n) is 38.4. The van der Waals surface area contributed by atoms with E-state index in [-0.39, 0.29) is 43.8 Å². The first-order valence-electron chi connectivity index (χ1n) is 22.4. The molecule has 0 unspecified atom stereocenters. The maximum Gasteiger partial charge on any atom is 0.410 e. The molecule has 5 aliphatic heterocycles. The lowest BCUT2D eigenvalue weighted by Crippen LogP contribution is -2.60. The predicted octanol–water partition coefficient (Wildman–Crippen LogP) is 4.89. The molecule has 0 radical (unpaired) electrons. The largest absolute Gasteiger partial charge is 0.458 e. The molecular weight excluding hydrogens is 811 g/mol. The molecule has 17 heteroatoms. The van der Waals surface area contributed by atoms with Crippen LogP contribution in [-0.4, -0.2) is 149 Å². The summed E-state index contributed by atoms with van der Waals surface area (Å²) in [5.74, 6) is -2.35. The minimum Gasteiger partial charge on any atom is -0.458 e. The van der Waals surface area contributed by atoms with Crippen LogP contribution in [0.4, 0.5) is 10.5 Å². The molecule has 4 fully saturated rings. The highest BCUT2D eigenvalue weighted by Crippen LogP contribution is 2.45. The topological polar surface area (TPSA) is 202 Å². The number of hydrogen-bond donors (Lipinski definition) is 2. The number of amides is 1. The zero-order valence-corrected chi connectivity index (χ0v) is 38.4. The number of aromatic nitrogens is 2. The molecule has 3 N–H and O–H groups in total. The second-order valence-corrected chi connectivity index (χ2v) is 18.8. The van der Waals surface area contributed by atoms with Crippen LogP contribution in [0.15, 0.2) is 46.7 Å². The van der Waals surface area contributed by atoms with E-state index in [1.807, 2.05) is 71.8 Å². The van der Waals surface area contributed by atoms with Gasteiger partial charge >= 0.3 is 12.1 Å². The van der Waals surface area contributed by atoms with Crippen LogP contribution < -0.4 is 5.73 Å². The highest BCUT2D eigenvalue weighted by Gasteiger charge is 2.60. The van der Waals surface area contributed by atoms with Crippen LogP contribution in [-0.2, 0) is 44.7 Å². The minimum absolute atomic E-state index is 0.0103. The SMILES string of the molecule is CC[C@H]1OC(=O)[C@H](C)[C@H]2OC/C(=N\OCc3cccc(-c4cc(N)ccn4)n3)CO[C@](C)(C[C@@H](C)C3=NCCN4C(=O)O[C@@]1(C)[C@H]4[C@H]3C)[C@H](O[C@H]1O[C@@H](C)C[C@@H](N(C)C)[C@@H]1O)[C@H]2C. The number of carbonyl (C=O) groups excluding carboxylic acids is 2. The van der Waals surface area contributed by atoms with Gasteiger partial charge < -0.3 is 49.0 Å². The van der Waals surface area contributed by atoms with E-state index in [2.05, 4.69) is 24.0 Å². The van der Waals surface area contributed by atoms with Crippen molar-refractivity contribution in [3.8, 4) is 11.4 Å². The number of oxime groups is 1. The molecule has 7 rings (SSSR count). The maximum absolute atomic E-state index is 14.6. The van der Waals surface area contributed by atoms with Crippen molar-refractivity contribution in [1.29, 1.82) is 0 Å². The van der Waals surface area contributed by atoms with E-state index in [0.29, 0.717) is 60.8 Å². The van der Waals surface area contributed by atoms with Crippen molar-refractivity contribution in [2.24, 2.45) is 33.8 Å².